The van der Waals surface area contributed by atoms with E-state index >= 15 is 0 Å². The van der Waals surface area contributed by atoms with Gasteiger partial charge in [0.25, 0.3) is 0 Å². The molecule has 8 nitrogen and oxygen atoms in total. The zero-order valence-corrected chi connectivity index (χ0v) is 22.1. The van der Waals surface area contributed by atoms with Gasteiger partial charge in [0.05, 0.1) is 35.0 Å². The summed E-state index contributed by atoms with van der Waals surface area (Å²) in [6.07, 6.45) is 6.14. The van der Waals surface area contributed by atoms with E-state index in [9.17, 15) is 4.79 Å². The molecule has 0 spiro atoms. The van der Waals surface area contributed by atoms with Crippen LogP contribution in [-0.4, -0.2) is 66.3 Å². The van der Waals surface area contributed by atoms with Crippen molar-refractivity contribution in [1.82, 2.24) is 14.9 Å². The van der Waals surface area contributed by atoms with Crippen molar-refractivity contribution >= 4 is 46.7 Å². The Morgan fingerprint density at radius 2 is 1.83 bits per heavy atom. The van der Waals surface area contributed by atoms with E-state index in [1.165, 1.54) is 4.90 Å². The largest absolute Gasteiger partial charge is 0.377 e. The quantitative estimate of drug-likeness (QED) is 0.474. The highest BCUT2D eigenvalue weighted by Crippen LogP contribution is 2.38. The van der Waals surface area contributed by atoms with E-state index in [0.29, 0.717) is 46.2 Å². The molecule has 1 aromatic carbocycles. The average molecular weight is 521 g/mol. The third kappa shape index (κ3) is 6.00. The number of para-hydroxylation sites is 1. The standard InChI is InChI=1S/C25H34Cl2N6O2/c1-4-32(5-2)13-14-35-19-11-9-18(10-12-19)29-24-28-15-17-16-33(25(34)31(3)23(17)30-24)22-20(26)7-6-8-21(22)27/h6-8,15,18-19H,4-5,9-14,16H2,1-3H3,(H,28,29,30). The molecule has 10 heteroatoms. The first-order valence-corrected chi connectivity index (χ1v) is 13.1. The van der Waals surface area contributed by atoms with E-state index in [0.717, 1.165) is 57.5 Å². The number of rotatable bonds is 9. The molecule has 2 amide bonds. The van der Waals surface area contributed by atoms with Gasteiger partial charge >= 0.3 is 6.03 Å². The Morgan fingerprint density at radius 3 is 2.49 bits per heavy atom. The highest BCUT2D eigenvalue weighted by molar-refractivity contribution is 6.40. The maximum absolute atomic E-state index is 13.1. The molecule has 4 rings (SSSR count). The van der Waals surface area contributed by atoms with E-state index in [-0.39, 0.29) is 6.03 Å². The monoisotopic (exact) mass is 520 g/mol. The molecule has 0 atom stereocenters. The Morgan fingerprint density at radius 1 is 1.14 bits per heavy atom. The molecular formula is C25H34Cl2N6O2. The van der Waals surface area contributed by atoms with Crippen molar-refractivity contribution in [2.45, 2.75) is 58.2 Å². The number of nitrogens with one attached hydrogen (secondary N) is 1. The van der Waals surface area contributed by atoms with Gasteiger partial charge in [-0.15, -0.1) is 0 Å². The van der Waals surface area contributed by atoms with E-state index in [1.807, 2.05) is 0 Å². The topological polar surface area (TPSA) is 73.8 Å². The number of halogens is 2. The van der Waals surface area contributed by atoms with Crippen LogP contribution in [0.5, 0.6) is 0 Å². The molecule has 1 fully saturated rings. The number of benzene rings is 1. The molecule has 0 bridgehead atoms. The number of anilines is 3. The van der Waals surface area contributed by atoms with Crippen LogP contribution in [0.25, 0.3) is 0 Å². The van der Waals surface area contributed by atoms with Gasteiger partial charge in [0.15, 0.2) is 0 Å². The van der Waals surface area contributed by atoms with Crippen LogP contribution in [0.4, 0.5) is 22.2 Å². The van der Waals surface area contributed by atoms with Crippen molar-refractivity contribution in [2.75, 3.05) is 48.4 Å². The number of carbonyl (C=O) groups is 1. The predicted molar refractivity (Wildman–Crippen MR) is 142 cm³/mol. The summed E-state index contributed by atoms with van der Waals surface area (Å²) < 4.78 is 6.11. The Labute approximate surface area is 217 Å². The summed E-state index contributed by atoms with van der Waals surface area (Å²) in [4.78, 5) is 27.8. The van der Waals surface area contributed by atoms with Gasteiger partial charge in [0.2, 0.25) is 5.95 Å². The second kappa shape index (κ2) is 11.7. The van der Waals surface area contributed by atoms with Crippen LogP contribution < -0.4 is 15.1 Å². The second-order valence-corrected chi connectivity index (χ2v) is 9.87. The molecule has 190 valence electrons. The van der Waals surface area contributed by atoms with Crippen molar-refractivity contribution in [3.05, 3.63) is 40.0 Å². The summed E-state index contributed by atoms with van der Waals surface area (Å²) in [6.45, 7) is 8.56. The molecule has 0 saturated heterocycles. The average Bonchev–Trinajstić information content (AvgIpc) is 2.86. The number of urea groups is 1. The lowest BCUT2D eigenvalue weighted by Gasteiger charge is -2.35. The first-order chi connectivity index (χ1) is 16.9. The van der Waals surface area contributed by atoms with Crippen LogP contribution in [0.2, 0.25) is 10.0 Å². The van der Waals surface area contributed by atoms with Crippen molar-refractivity contribution in [2.24, 2.45) is 0 Å². The zero-order chi connectivity index (χ0) is 24.9. The fraction of sp³-hybridized carbons (Fsp3) is 0.560. The van der Waals surface area contributed by atoms with Crippen molar-refractivity contribution in [1.29, 1.82) is 0 Å². The lowest BCUT2D eigenvalue weighted by Crippen LogP contribution is -2.46. The lowest BCUT2D eigenvalue weighted by atomic mass is 9.93. The molecule has 0 radical (unpaired) electrons. The second-order valence-electron chi connectivity index (χ2n) is 9.06. The maximum Gasteiger partial charge on any atom is 0.330 e. The number of carbonyl (C=O) groups excluding carboxylic acids is 1. The van der Waals surface area contributed by atoms with Crippen LogP contribution in [0.15, 0.2) is 24.4 Å². The first-order valence-electron chi connectivity index (χ1n) is 12.4. The molecule has 1 aliphatic heterocycles. The van der Waals surface area contributed by atoms with E-state index in [4.69, 9.17) is 27.9 Å². The van der Waals surface area contributed by atoms with Gasteiger partial charge in [-0.25, -0.2) is 9.78 Å². The molecule has 2 heterocycles. The molecular weight excluding hydrogens is 487 g/mol. The first kappa shape index (κ1) is 25.9. The Kier molecular flexibility index (Phi) is 8.70. The number of likely N-dealkylation sites (N-methyl/N-ethyl adjacent to an activating group) is 1. The SMILES string of the molecule is CCN(CC)CCOC1CCC(Nc2ncc3c(n2)N(C)C(=O)N(c2c(Cl)cccc2Cl)C3)CC1. The minimum Gasteiger partial charge on any atom is -0.377 e. The number of fused-ring (bicyclic) bond motifs is 1. The number of nitrogens with zero attached hydrogens (tertiary/aromatic N) is 5. The third-order valence-electron chi connectivity index (χ3n) is 6.88. The summed E-state index contributed by atoms with van der Waals surface area (Å²) in [5, 5.41) is 4.31. The maximum atomic E-state index is 13.1. The normalized spacial score (nSPS) is 20.3. The van der Waals surface area contributed by atoms with Gasteiger partial charge in [-0.1, -0.05) is 43.1 Å². The van der Waals surface area contributed by atoms with E-state index in [1.54, 1.807) is 36.3 Å². The van der Waals surface area contributed by atoms with E-state index < -0.39 is 0 Å². The van der Waals surface area contributed by atoms with Crippen molar-refractivity contribution in [3.8, 4) is 0 Å². The summed E-state index contributed by atoms with van der Waals surface area (Å²) in [7, 11) is 1.70. The van der Waals surface area contributed by atoms with Crippen molar-refractivity contribution in [3.63, 3.8) is 0 Å². The van der Waals surface area contributed by atoms with Crippen LogP contribution >= 0.6 is 23.2 Å². The van der Waals surface area contributed by atoms with Crippen LogP contribution in [0.3, 0.4) is 0 Å². The number of aromatic nitrogens is 2. The number of amides is 2. The van der Waals surface area contributed by atoms with Crippen LogP contribution in [0.1, 0.15) is 45.1 Å². The number of hydrogen-bond acceptors (Lipinski definition) is 6. The van der Waals surface area contributed by atoms with E-state index in [2.05, 4.69) is 34.0 Å². The molecule has 1 N–H and O–H groups in total. The minimum absolute atomic E-state index is 0.237. The van der Waals surface area contributed by atoms with Crippen LogP contribution in [-0.2, 0) is 11.3 Å². The summed E-state index contributed by atoms with van der Waals surface area (Å²) >= 11 is 12.7. The Bertz CT molecular complexity index is 1010. The molecule has 1 saturated carbocycles. The highest BCUT2D eigenvalue weighted by Gasteiger charge is 2.33. The van der Waals surface area contributed by atoms with Gasteiger partial charge in [-0.05, 0) is 50.9 Å². The third-order valence-corrected chi connectivity index (χ3v) is 7.49. The van der Waals surface area contributed by atoms with Gasteiger partial charge < -0.3 is 15.0 Å². The highest BCUT2D eigenvalue weighted by atomic mass is 35.5. The van der Waals surface area contributed by atoms with Crippen LogP contribution in [0, 0.1) is 0 Å². The molecule has 35 heavy (non-hydrogen) atoms. The lowest BCUT2D eigenvalue weighted by molar-refractivity contribution is 0.0155. The molecule has 0 unspecified atom stereocenters. The number of ether oxygens (including phenoxy) is 1. The zero-order valence-electron chi connectivity index (χ0n) is 20.6. The molecule has 1 aromatic heterocycles. The predicted octanol–water partition coefficient (Wildman–Crippen LogP) is 5.44. The minimum atomic E-state index is -0.237. The summed E-state index contributed by atoms with van der Waals surface area (Å²) in [6, 6.07) is 5.26. The van der Waals surface area contributed by atoms with Crippen molar-refractivity contribution < 1.29 is 9.53 Å². The van der Waals surface area contributed by atoms with Gasteiger partial charge in [-0.3, -0.25) is 9.80 Å². The fourth-order valence-corrected chi connectivity index (χ4v) is 5.35. The number of hydrogen-bond donors (Lipinski definition) is 1. The summed E-state index contributed by atoms with van der Waals surface area (Å²) in [5.74, 6) is 1.14. The fourth-order valence-electron chi connectivity index (χ4n) is 4.75. The molecule has 2 aliphatic rings. The van der Waals surface area contributed by atoms with Gasteiger partial charge in [-0.2, -0.15) is 4.98 Å². The van der Waals surface area contributed by atoms with Gasteiger partial charge in [0, 0.05) is 31.4 Å². The Hall–Kier alpha value is -2.13. The molecule has 1 aliphatic carbocycles. The summed E-state index contributed by atoms with van der Waals surface area (Å²) in [5.41, 5.74) is 1.33. The van der Waals surface area contributed by atoms with Gasteiger partial charge in [0.1, 0.15) is 5.82 Å². The Balaban J connectivity index is 1.35. The molecule has 2 aromatic rings. The smallest absolute Gasteiger partial charge is 0.330 e.